The van der Waals surface area contributed by atoms with Crippen LogP contribution >= 0.6 is 11.8 Å². The number of benzene rings is 1. The number of amides is 2. The Hall–Kier alpha value is -2.35. The number of nitrogens with zero attached hydrogens (tertiary/aromatic N) is 2. The van der Waals surface area contributed by atoms with E-state index in [0.717, 1.165) is 19.3 Å². The first-order valence-corrected chi connectivity index (χ1v) is 10.8. The van der Waals surface area contributed by atoms with Crippen molar-refractivity contribution in [3.05, 3.63) is 34.6 Å². The average Bonchev–Trinajstić information content (AvgIpc) is 2.70. The van der Waals surface area contributed by atoms with E-state index in [4.69, 9.17) is 4.98 Å². The van der Waals surface area contributed by atoms with E-state index in [2.05, 4.69) is 23.9 Å². The Labute approximate surface area is 174 Å². The second-order valence-corrected chi connectivity index (χ2v) is 8.97. The Morgan fingerprint density at radius 2 is 2.00 bits per heavy atom. The molecule has 8 heteroatoms. The molecular weight excluding hydrogens is 390 g/mol. The molecule has 0 saturated heterocycles. The average molecular weight is 418 g/mol. The van der Waals surface area contributed by atoms with Crippen molar-refractivity contribution in [1.29, 1.82) is 0 Å². The highest BCUT2D eigenvalue weighted by molar-refractivity contribution is 8.00. The summed E-state index contributed by atoms with van der Waals surface area (Å²) in [6.07, 6.45) is 2.30. The number of alkyl carbamates (subject to hydrolysis) is 1. The van der Waals surface area contributed by atoms with E-state index in [9.17, 15) is 14.4 Å². The smallest absolute Gasteiger partial charge is 0.413 e. The maximum Gasteiger partial charge on any atom is 0.413 e. The largest absolute Gasteiger partial charge is 0.453 e. The minimum atomic E-state index is -0.805. The lowest BCUT2D eigenvalue weighted by atomic mass is 9.78. The highest BCUT2D eigenvalue weighted by Gasteiger charge is 2.32. The van der Waals surface area contributed by atoms with Gasteiger partial charge in [-0.15, -0.1) is 0 Å². The molecule has 1 fully saturated rings. The van der Waals surface area contributed by atoms with Crippen molar-refractivity contribution in [2.75, 3.05) is 7.11 Å². The summed E-state index contributed by atoms with van der Waals surface area (Å²) in [5, 5.41) is 2.64. The van der Waals surface area contributed by atoms with Crippen LogP contribution < -0.4 is 10.9 Å². The fourth-order valence-corrected chi connectivity index (χ4v) is 4.85. The summed E-state index contributed by atoms with van der Waals surface area (Å²) in [5.74, 6) is 0.342. The maximum absolute atomic E-state index is 13.4. The SMILES string of the molecule is COC(=O)NC(=O)[C@H](C)Sc1nc2ccccc2c(=O)n1[C@H]1CCC[C@@H](C)[C@H]1C. The van der Waals surface area contributed by atoms with Crippen LogP contribution in [-0.4, -0.2) is 33.9 Å². The number of hydrogen-bond acceptors (Lipinski definition) is 6. The molecule has 1 heterocycles. The van der Waals surface area contributed by atoms with Gasteiger partial charge in [-0.3, -0.25) is 19.5 Å². The van der Waals surface area contributed by atoms with Crippen LogP contribution in [0.4, 0.5) is 4.79 Å². The number of rotatable bonds is 4. The molecule has 0 unspecified atom stereocenters. The zero-order chi connectivity index (χ0) is 21.1. The van der Waals surface area contributed by atoms with Crippen molar-refractivity contribution in [2.45, 2.75) is 56.5 Å². The van der Waals surface area contributed by atoms with Crippen LogP contribution in [-0.2, 0) is 9.53 Å². The Morgan fingerprint density at radius 3 is 2.72 bits per heavy atom. The van der Waals surface area contributed by atoms with Crippen molar-refractivity contribution in [3.8, 4) is 0 Å². The van der Waals surface area contributed by atoms with Crippen molar-refractivity contribution >= 4 is 34.7 Å². The van der Waals surface area contributed by atoms with Gasteiger partial charge in [0.15, 0.2) is 5.16 Å². The number of aromatic nitrogens is 2. The maximum atomic E-state index is 13.4. The van der Waals surface area contributed by atoms with Crippen molar-refractivity contribution in [3.63, 3.8) is 0 Å². The van der Waals surface area contributed by atoms with Gasteiger partial charge in [0.25, 0.3) is 5.56 Å². The van der Waals surface area contributed by atoms with E-state index in [1.54, 1.807) is 23.6 Å². The molecule has 1 aliphatic carbocycles. The number of carbonyl (C=O) groups excluding carboxylic acids is 2. The molecule has 0 bridgehead atoms. The zero-order valence-electron chi connectivity index (χ0n) is 17.2. The number of imide groups is 1. The van der Waals surface area contributed by atoms with Gasteiger partial charge in [0.2, 0.25) is 5.91 Å². The Balaban J connectivity index is 2.04. The molecule has 0 aliphatic heterocycles. The molecule has 1 aromatic heterocycles. The van der Waals surface area contributed by atoms with Crippen LogP contribution in [0.15, 0.2) is 34.2 Å². The fourth-order valence-electron chi connectivity index (χ4n) is 3.88. The first-order chi connectivity index (χ1) is 13.8. The minimum Gasteiger partial charge on any atom is -0.453 e. The molecule has 0 radical (unpaired) electrons. The molecule has 4 atom stereocenters. The molecule has 7 nitrogen and oxygen atoms in total. The van der Waals surface area contributed by atoms with E-state index < -0.39 is 17.3 Å². The summed E-state index contributed by atoms with van der Waals surface area (Å²) in [4.78, 5) is 41.8. The number of ether oxygens (including phenoxy) is 1. The number of para-hydroxylation sites is 1. The second-order valence-electron chi connectivity index (χ2n) is 7.66. The van der Waals surface area contributed by atoms with Gasteiger partial charge in [0.05, 0.1) is 23.3 Å². The van der Waals surface area contributed by atoms with E-state index in [0.29, 0.717) is 27.9 Å². The Morgan fingerprint density at radius 1 is 1.28 bits per heavy atom. The summed E-state index contributed by atoms with van der Waals surface area (Å²) in [6, 6.07) is 7.30. The third-order valence-electron chi connectivity index (χ3n) is 5.83. The summed E-state index contributed by atoms with van der Waals surface area (Å²) in [5.41, 5.74) is 0.526. The lowest BCUT2D eigenvalue weighted by Gasteiger charge is -2.36. The monoisotopic (exact) mass is 417 g/mol. The Bertz CT molecular complexity index is 974. The van der Waals surface area contributed by atoms with Gasteiger partial charge in [0, 0.05) is 6.04 Å². The molecule has 1 aliphatic rings. The molecule has 0 spiro atoms. The van der Waals surface area contributed by atoms with E-state index in [1.807, 2.05) is 12.1 Å². The quantitative estimate of drug-likeness (QED) is 0.602. The van der Waals surface area contributed by atoms with Crippen LogP contribution in [0.1, 0.15) is 46.1 Å². The molecule has 2 aromatic rings. The first kappa shape index (κ1) is 21.4. The molecule has 1 saturated carbocycles. The number of fused-ring (bicyclic) bond motifs is 1. The summed E-state index contributed by atoms with van der Waals surface area (Å²) < 4.78 is 6.26. The molecular formula is C21H27N3O4S. The number of methoxy groups -OCH3 is 1. The van der Waals surface area contributed by atoms with Crippen molar-refractivity contribution in [2.24, 2.45) is 11.8 Å². The highest BCUT2D eigenvalue weighted by Crippen LogP contribution is 2.39. The van der Waals surface area contributed by atoms with Crippen LogP contribution in [0.5, 0.6) is 0 Å². The summed E-state index contributed by atoms with van der Waals surface area (Å²) >= 11 is 1.19. The number of thioether (sulfide) groups is 1. The standard InChI is InChI=1S/C21H27N3O4S/c1-12-8-7-11-17(13(12)2)24-19(26)15-9-5-6-10-16(15)22-20(24)29-14(3)18(25)23-21(27)28-4/h5-6,9-10,12-14,17H,7-8,11H2,1-4H3,(H,23,25,27)/t12-,13-,14+,17+/m1/s1. The zero-order valence-corrected chi connectivity index (χ0v) is 18.0. The molecule has 1 aromatic carbocycles. The van der Waals surface area contributed by atoms with Gasteiger partial charge in [-0.05, 0) is 37.3 Å². The van der Waals surface area contributed by atoms with Crippen molar-refractivity contribution in [1.82, 2.24) is 14.9 Å². The molecule has 29 heavy (non-hydrogen) atoms. The minimum absolute atomic E-state index is 0.0294. The molecule has 3 rings (SSSR count). The van der Waals surface area contributed by atoms with Gasteiger partial charge < -0.3 is 4.74 Å². The highest BCUT2D eigenvalue weighted by atomic mass is 32.2. The normalized spacial score (nSPS) is 22.8. The van der Waals surface area contributed by atoms with Gasteiger partial charge in [-0.1, -0.05) is 50.6 Å². The lowest BCUT2D eigenvalue weighted by Crippen LogP contribution is -2.38. The van der Waals surface area contributed by atoms with Gasteiger partial charge >= 0.3 is 6.09 Å². The topological polar surface area (TPSA) is 90.3 Å². The number of nitrogens with one attached hydrogen (secondary N) is 1. The predicted octanol–water partition coefficient (Wildman–Crippen LogP) is 3.76. The first-order valence-electron chi connectivity index (χ1n) is 9.90. The molecule has 2 amide bonds. The van der Waals surface area contributed by atoms with Crippen LogP contribution in [0.3, 0.4) is 0 Å². The van der Waals surface area contributed by atoms with Gasteiger partial charge in [-0.2, -0.15) is 0 Å². The summed E-state index contributed by atoms with van der Waals surface area (Å²) in [7, 11) is 1.20. The van der Waals surface area contributed by atoms with Crippen LogP contribution in [0.2, 0.25) is 0 Å². The van der Waals surface area contributed by atoms with Gasteiger partial charge in [0.1, 0.15) is 0 Å². The third kappa shape index (κ3) is 4.47. The molecule has 156 valence electrons. The third-order valence-corrected chi connectivity index (χ3v) is 6.90. The van der Waals surface area contributed by atoms with E-state index >= 15 is 0 Å². The van der Waals surface area contributed by atoms with E-state index in [1.165, 1.54) is 18.9 Å². The summed E-state index contributed by atoms with van der Waals surface area (Å²) in [6.45, 7) is 6.08. The van der Waals surface area contributed by atoms with E-state index in [-0.39, 0.29) is 11.6 Å². The van der Waals surface area contributed by atoms with Gasteiger partial charge in [-0.25, -0.2) is 9.78 Å². The molecule has 1 N–H and O–H groups in total. The predicted molar refractivity (Wildman–Crippen MR) is 113 cm³/mol. The fraction of sp³-hybridized carbons (Fsp3) is 0.524. The lowest BCUT2D eigenvalue weighted by molar-refractivity contribution is -0.119. The van der Waals surface area contributed by atoms with Crippen molar-refractivity contribution < 1.29 is 14.3 Å². The number of hydrogen-bond donors (Lipinski definition) is 1. The van der Waals surface area contributed by atoms with Crippen LogP contribution in [0.25, 0.3) is 10.9 Å². The Kier molecular flexibility index (Phi) is 6.62. The van der Waals surface area contributed by atoms with Crippen LogP contribution in [0, 0.1) is 11.8 Å². The number of carbonyl (C=O) groups is 2. The second kappa shape index (κ2) is 8.98.